The van der Waals surface area contributed by atoms with Gasteiger partial charge in [-0.25, -0.2) is 9.97 Å². The van der Waals surface area contributed by atoms with Crippen LogP contribution in [0.25, 0.3) is 10.2 Å². The van der Waals surface area contributed by atoms with E-state index in [4.69, 9.17) is 4.74 Å². The van der Waals surface area contributed by atoms with Gasteiger partial charge < -0.3 is 15.0 Å². The largest absolute Gasteiger partial charge is 0.383 e. The maximum absolute atomic E-state index is 5.27. The van der Waals surface area contributed by atoms with Crippen molar-refractivity contribution in [1.29, 1.82) is 0 Å². The standard InChI is InChI=1S/C15H22N4OS/c1-11-9-21-14-13(11)17-10-18-15(14)19(6-7-20-2)8-12-4-3-5-16-12/h9-10,12,16H,3-8H2,1-2H3. The average Bonchev–Trinajstić information content (AvgIpc) is 3.14. The third-order valence-corrected chi connectivity index (χ3v) is 5.06. The van der Waals surface area contributed by atoms with Crippen molar-refractivity contribution >= 4 is 27.4 Å². The van der Waals surface area contributed by atoms with Gasteiger partial charge in [-0.2, -0.15) is 0 Å². The highest BCUT2D eigenvalue weighted by Crippen LogP contribution is 2.31. The van der Waals surface area contributed by atoms with Crippen molar-refractivity contribution in [3.63, 3.8) is 0 Å². The van der Waals surface area contributed by atoms with Gasteiger partial charge in [-0.15, -0.1) is 11.3 Å². The lowest BCUT2D eigenvalue weighted by Crippen LogP contribution is -2.39. The van der Waals surface area contributed by atoms with Gasteiger partial charge in [-0.1, -0.05) is 0 Å². The predicted octanol–water partition coefficient (Wildman–Crippen LogP) is 2.20. The summed E-state index contributed by atoms with van der Waals surface area (Å²) in [7, 11) is 1.75. The number of methoxy groups -OCH3 is 1. The van der Waals surface area contributed by atoms with Gasteiger partial charge in [0, 0.05) is 26.2 Å². The summed E-state index contributed by atoms with van der Waals surface area (Å²) in [5.41, 5.74) is 2.30. The molecule has 6 heteroatoms. The van der Waals surface area contributed by atoms with Crippen molar-refractivity contribution in [3.05, 3.63) is 17.3 Å². The number of anilines is 1. The monoisotopic (exact) mass is 306 g/mol. The van der Waals surface area contributed by atoms with E-state index in [1.165, 1.54) is 23.1 Å². The fraction of sp³-hybridized carbons (Fsp3) is 0.600. The Balaban J connectivity index is 1.89. The number of nitrogens with one attached hydrogen (secondary N) is 1. The Labute approximate surface area is 129 Å². The molecule has 1 saturated heterocycles. The molecule has 2 aromatic rings. The molecule has 0 saturated carbocycles. The van der Waals surface area contributed by atoms with Crippen LogP contribution in [-0.4, -0.2) is 49.4 Å². The van der Waals surface area contributed by atoms with Crippen LogP contribution >= 0.6 is 11.3 Å². The van der Waals surface area contributed by atoms with Crippen LogP contribution in [0.2, 0.25) is 0 Å². The molecule has 0 spiro atoms. The van der Waals surface area contributed by atoms with Crippen LogP contribution in [0.5, 0.6) is 0 Å². The molecule has 1 atom stereocenters. The first kappa shape index (κ1) is 14.7. The van der Waals surface area contributed by atoms with E-state index in [2.05, 4.69) is 32.5 Å². The maximum atomic E-state index is 5.27. The molecule has 0 aromatic carbocycles. The lowest BCUT2D eigenvalue weighted by atomic mass is 10.2. The van der Waals surface area contributed by atoms with Crippen molar-refractivity contribution in [3.8, 4) is 0 Å². The number of nitrogens with zero attached hydrogens (tertiary/aromatic N) is 3. The van der Waals surface area contributed by atoms with E-state index in [1.54, 1.807) is 24.8 Å². The Morgan fingerprint density at radius 1 is 1.48 bits per heavy atom. The minimum atomic E-state index is 0.549. The van der Waals surface area contributed by atoms with Crippen LogP contribution in [-0.2, 0) is 4.74 Å². The van der Waals surface area contributed by atoms with Gasteiger partial charge in [0.15, 0.2) is 0 Å². The second-order valence-electron chi connectivity index (χ2n) is 5.53. The first-order valence-electron chi connectivity index (χ1n) is 7.45. The summed E-state index contributed by atoms with van der Waals surface area (Å²) in [5, 5.41) is 5.72. The Morgan fingerprint density at radius 3 is 3.14 bits per heavy atom. The molecule has 0 aliphatic carbocycles. The molecular weight excluding hydrogens is 284 g/mol. The van der Waals surface area contributed by atoms with E-state index in [9.17, 15) is 0 Å². The molecule has 1 aliphatic rings. The lowest BCUT2D eigenvalue weighted by molar-refractivity contribution is 0.204. The number of rotatable bonds is 6. The van der Waals surface area contributed by atoms with Gasteiger partial charge in [0.25, 0.3) is 0 Å². The fourth-order valence-electron chi connectivity index (χ4n) is 2.85. The van der Waals surface area contributed by atoms with Crippen molar-refractivity contribution in [1.82, 2.24) is 15.3 Å². The summed E-state index contributed by atoms with van der Waals surface area (Å²) < 4.78 is 6.46. The smallest absolute Gasteiger partial charge is 0.150 e. The summed E-state index contributed by atoms with van der Waals surface area (Å²) in [5.74, 6) is 1.05. The summed E-state index contributed by atoms with van der Waals surface area (Å²) in [6.07, 6.45) is 4.18. The fourth-order valence-corrected chi connectivity index (χ4v) is 3.86. The Morgan fingerprint density at radius 2 is 2.38 bits per heavy atom. The predicted molar refractivity (Wildman–Crippen MR) is 87.3 cm³/mol. The van der Waals surface area contributed by atoms with E-state index in [1.807, 2.05) is 0 Å². The maximum Gasteiger partial charge on any atom is 0.150 e. The molecule has 2 aromatic heterocycles. The van der Waals surface area contributed by atoms with Crippen LogP contribution in [0.1, 0.15) is 18.4 Å². The summed E-state index contributed by atoms with van der Waals surface area (Å²) in [6, 6.07) is 0.549. The Bertz CT molecular complexity index is 594. The Kier molecular flexibility index (Phi) is 4.67. The van der Waals surface area contributed by atoms with Crippen LogP contribution in [0.3, 0.4) is 0 Å². The molecule has 21 heavy (non-hydrogen) atoms. The van der Waals surface area contributed by atoms with Gasteiger partial charge in [0.05, 0.1) is 16.8 Å². The van der Waals surface area contributed by atoms with Gasteiger partial charge in [0.2, 0.25) is 0 Å². The molecule has 1 aliphatic heterocycles. The van der Waals surface area contributed by atoms with Crippen molar-refractivity contribution in [2.75, 3.05) is 38.3 Å². The summed E-state index contributed by atoms with van der Waals surface area (Å²) in [6.45, 7) is 5.78. The highest BCUT2D eigenvalue weighted by Gasteiger charge is 2.21. The van der Waals surface area contributed by atoms with Crippen LogP contribution in [0, 0.1) is 6.92 Å². The topological polar surface area (TPSA) is 50.3 Å². The first-order valence-corrected chi connectivity index (χ1v) is 8.33. The van der Waals surface area contributed by atoms with E-state index < -0.39 is 0 Å². The summed E-state index contributed by atoms with van der Waals surface area (Å²) >= 11 is 1.73. The molecule has 0 radical (unpaired) electrons. The van der Waals surface area contributed by atoms with Gasteiger partial charge in [-0.05, 0) is 37.3 Å². The van der Waals surface area contributed by atoms with Crippen molar-refractivity contribution < 1.29 is 4.74 Å². The zero-order valence-electron chi connectivity index (χ0n) is 12.6. The van der Waals surface area contributed by atoms with Crippen LogP contribution < -0.4 is 10.2 Å². The highest BCUT2D eigenvalue weighted by molar-refractivity contribution is 7.18. The lowest BCUT2D eigenvalue weighted by Gasteiger charge is -2.26. The van der Waals surface area contributed by atoms with E-state index >= 15 is 0 Å². The van der Waals surface area contributed by atoms with Crippen LogP contribution in [0.15, 0.2) is 11.7 Å². The zero-order chi connectivity index (χ0) is 14.7. The van der Waals surface area contributed by atoms with Gasteiger partial charge in [-0.3, -0.25) is 0 Å². The zero-order valence-corrected chi connectivity index (χ0v) is 13.4. The molecule has 1 N–H and O–H groups in total. The third-order valence-electron chi connectivity index (χ3n) is 3.98. The number of fused-ring (bicyclic) bond motifs is 1. The first-order chi connectivity index (χ1) is 10.3. The number of ether oxygens (including phenoxy) is 1. The van der Waals surface area contributed by atoms with Crippen molar-refractivity contribution in [2.45, 2.75) is 25.8 Å². The quantitative estimate of drug-likeness (QED) is 0.887. The molecule has 1 unspecified atom stereocenters. The highest BCUT2D eigenvalue weighted by atomic mass is 32.1. The average molecular weight is 306 g/mol. The molecule has 1 fully saturated rings. The van der Waals surface area contributed by atoms with E-state index in [0.717, 1.165) is 31.0 Å². The molecule has 0 bridgehead atoms. The second kappa shape index (κ2) is 6.68. The molecule has 114 valence electrons. The number of hydrogen-bond acceptors (Lipinski definition) is 6. The molecular formula is C15H22N4OS. The third kappa shape index (κ3) is 3.17. The normalized spacial score (nSPS) is 18.5. The van der Waals surface area contributed by atoms with Crippen molar-refractivity contribution in [2.24, 2.45) is 0 Å². The van der Waals surface area contributed by atoms with E-state index in [0.29, 0.717) is 12.6 Å². The Hall–Kier alpha value is -1.24. The minimum Gasteiger partial charge on any atom is -0.383 e. The molecule has 3 rings (SSSR count). The molecule has 0 amide bonds. The second-order valence-corrected chi connectivity index (χ2v) is 6.41. The van der Waals surface area contributed by atoms with Gasteiger partial charge in [0.1, 0.15) is 12.1 Å². The van der Waals surface area contributed by atoms with E-state index in [-0.39, 0.29) is 0 Å². The molecule has 3 heterocycles. The summed E-state index contributed by atoms with van der Waals surface area (Å²) in [4.78, 5) is 11.3. The number of aromatic nitrogens is 2. The van der Waals surface area contributed by atoms with Crippen LogP contribution in [0.4, 0.5) is 5.82 Å². The van der Waals surface area contributed by atoms with Gasteiger partial charge >= 0.3 is 0 Å². The molecule has 5 nitrogen and oxygen atoms in total. The number of aryl methyl sites for hydroxylation is 1. The minimum absolute atomic E-state index is 0.549. The SMILES string of the molecule is COCCN(CC1CCCN1)c1ncnc2c(C)csc12. The number of hydrogen-bond donors (Lipinski definition) is 1. The number of thiophene rings is 1.